The first-order valence-corrected chi connectivity index (χ1v) is 13.2. The second-order valence-corrected chi connectivity index (χ2v) is 10.4. The molecule has 178 valence electrons. The number of benzene rings is 1. The summed E-state index contributed by atoms with van der Waals surface area (Å²) in [6.45, 7) is 9.70. The molecule has 2 heterocycles. The molecule has 0 spiro atoms. The van der Waals surface area contributed by atoms with Crippen molar-refractivity contribution in [1.82, 2.24) is 19.0 Å². The van der Waals surface area contributed by atoms with Crippen molar-refractivity contribution in [2.75, 3.05) is 58.9 Å². The molecule has 1 aromatic rings. The molecule has 0 bridgehead atoms. The maximum atomic E-state index is 12.6. The van der Waals surface area contributed by atoms with Crippen molar-refractivity contribution in [2.45, 2.75) is 44.4 Å². The van der Waals surface area contributed by atoms with Gasteiger partial charge < -0.3 is 9.80 Å². The van der Waals surface area contributed by atoms with Crippen LogP contribution in [0.4, 0.5) is 0 Å². The van der Waals surface area contributed by atoms with Gasteiger partial charge in [-0.1, -0.05) is 12.1 Å². The highest BCUT2D eigenvalue weighted by Crippen LogP contribution is 2.21. The highest BCUT2D eigenvalue weighted by molar-refractivity contribution is 7.89. The first-order chi connectivity index (χ1) is 15.3. The van der Waals surface area contributed by atoms with E-state index >= 15 is 0 Å². The summed E-state index contributed by atoms with van der Waals surface area (Å²) in [6.07, 6.45) is 2.82. The molecule has 2 aliphatic rings. The fourth-order valence-electron chi connectivity index (χ4n) is 4.34. The minimum atomic E-state index is -3.40. The molecule has 0 aromatic heterocycles. The van der Waals surface area contributed by atoms with Crippen LogP contribution in [0.1, 0.15) is 38.7 Å². The number of hydrogen-bond acceptors (Lipinski definition) is 5. The molecule has 8 nitrogen and oxygen atoms in total. The predicted octanol–water partition coefficient (Wildman–Crippen LogP) is 1.42. The maximum Gasteiger partial charge on any atom is 0.243 e. The second-order valence-electron chi connectivity index (χ2n) is 8.48. The Labute approximate surface area is 192 Å². The van der Waals surface area contributed by atoms with Crippen molar-refractivity contribution >= 4 is 21.8 Å². The fourth-order valence-corrected chi connectivity index (χ4v) is 5.86. The van der Waals surface area contributed by atoms with E-state index in [1.165, 1.54) is 0 Å². The largest absolute Gasteiger partial charge is 0.342 e. The van der Waals surface area contributed by atoms with Crippen LogP contribution < -0.4 is 0 Å². The molecule has 0 atom stereocenters. The molecule has 3 rings (SSSR count). The Morgan fingerprint density at radius 3 is 2.06 bits per heavy atom. The Morgan fingerprint density at radius 2 is 1.50 bits per heavy atom. The Bertz CT molecular complexity index is 870. The lowest BCUT2D eigenvalue weighted by atomic mass is 10.1. The summed E-state index contributed by atoms with van der Waals surface area (Å²) >= 11 is 0. The van der Waals surface area contributed by atoms with E-state index in [1.807, 2.05) is 35.8 Å². The number of likely N-dealkylation sites (N-methyl/N-ethyl adjacent to an activating group) is 1. The van der Waals surface area contributed by atoms with Crippen molar-refractivity contribution in [3.63, 3.8) is 0 Å². The van der Waals surface area contributed by atoms with E-state index < -0.39 is 10.0 Å². The molecule has 2 fully saturated rings. The fraction of sp³-hybridized carbons (Fsp3) is 0.652. The van der Waals surface area contributed by atoms with E-state index in [0.29, 0.717) is 63.6 Å². The highest BCUT2D eigenvalue weighted by atomic mass is 32.2. The van der Waals surface area contributed by atoms with Crippen LogP contribution in [-0.2, 0) is 26.0 Å². The molecule has 2 aliphatic heterocycles. The lowest BCUT2D eigenvalue weighted by molar-refractivity contribution is -0.135. The van der Waals surface area contributed by atoms with Gasteiger partial charge in [-0.15, -0.1) is 0 Å². The number of piperazine rings is 1. The molecular weight excluding hydrogens is 428 g/mol. The van der Waals surface area contributed by atoms with E-state index in [2.05, 4.69) is 4.90 Å². The summed E-state index contributed by atoms with van der Waals surface area (Å²) in [5, 5.41) is 0. The maximum absolute atomic E-state index is 12.6. The number of nitrogens with zero attached hydrogens (tertiary/aromatic N) is 4. The SMILES string of the molecule is CCN(CC)C(=O)CN1CCN(C(=O)CCc2ccc(S(=O)(=O)N3CCCC3)cc2)CC1. The first kappa shape index (κ1) is 24.7. The van der Waals surface area contributed by atoms with Crippen LogP contribution in [-0.4, -0.2) is 98.1 Å². The van der Waals surface area contributed by atoms with Gasteiger partial charge >= 0.3 is 0 Å². The van der Waals surface area contributed by atoms with E-state index in [9.17, 15) is 18.0 Å². The van der Waals surface area contributed by atoms with Gasteiger partial charge in [0.05, 0.1) is 11.4 Å². The molecule has 0 unspecified atom stereocenters. The minimum absolute atomic E-state index is 0.105. The molecule has 1 aromatic carbocycles. The average Bonchev–Trinajstić information content (AvgIpc) is 3.35. The quantitative estimate of drug-likeness (QED) is 0.552. The van der Waals surface area contributed by atoms with Gasteiger partial charge in [0.2, 0.25) is 21.8 Å². The molecule has 32 heavy (non-hydrogen) atoms. The lowest BCUT2D eigenvalue weighted by Crippen LogP contribution is -2.51. The van der Waals surface area contributed by atoms with Crippen LogP contribution in [0.3, 0.4) is 0 Å². The van der Waals surface area contributed by atoms with Crippen molar-refractivity contribution in [3.05, 3.63) is 29.8 Å². The van der Waals surface area contributed by atoms with Gasteiger partial charge in [0.15, 0.2) is 0 Å². The standard InChI is InChI=1S/C23H36N4O4S/c1-3-25(4-2)23(29)19-24-15-17-26(18-16-24)22(28)12-9-20-7-10-21(11-8-20)32(30,31)27-13-5-6-14-27/h7-8,10-11H,3-6,9,12-19H2,1-2H3. The molecular formula is C23H36N4O4S. The van der Waals surface area contributed by atoms with Crippen LogP contribution in [0, 0.1) is 0 Å². The Morgan fingerprint density at radius 1 is 0.906 bits per heavy atom. The van der Waals surface area contributed by atoms with E-state index in [1.54, 1.807) is 16.4 Å². The zero-order valence-electron chi connectivity index (χ0n) is 19.3. The van der Waals surface area contributed by atoms with Crippen molar-refractivity contribution in [1.29, 1.82) is 0 Å². The Kier molecular flexibility index (Phi) is 8.67. The summed E-state index contributed by atoms with van der Waals surface area (Å²) in [7, 11) is -3.40. The van der Waals surface area contributed by atoms with E-state index in [-0.39, 0.29) is 11.8 Å². The average molecular weight is 465 g/mol. The summed E-state index contributed by atoms with van der Waals surface area (Å²) in [6, 6.07) is 6.93. The van der Waals surface area contributed by atoms with Crippen molar-refractivity contribution < 1.29 is 18.0 Å². The van der Waals surface area contributed by atoms with Gasteiger partial charge in [-0.3, -0.25) is 14.5 Å². The Hall–Kier alpha value is -1.97. The van der Waals surface area contributed by atoms with Gasteiger partial charge in [-0.25, -0.2) is 8.42 Å². The number of sulfonamides is 1. The number of carbonyl (C=O) groups is 2. The third-order valence-electron chi connectivity index (χ3n) is 6.45. The summed E-state index contributed by atoms with van der Waals surface area (Å²) in [4.78, 5) is 31.0. The molecule has 0 N–H and O–H groups in total. The number of aryl methyl sites for hydroxylation is 1. The van der Waals surface area contributed by atoms with E-state index in [0.717, 1.165) is 31.5 Å². The summed E-state index contributed by atoms with van der Waals surface area (Å²) < 4.78 is 26.8. The van der Waals surface area contributed by atoms with Crippen LogP contribution >= 0.6 is 0 Å². The zero-order valence-corrected chi connectivity index (χ0v) is 20.1. The highest BCUT2D eigenvalue weighted by Gasteiger charge is 2.27. The topological polar surface area (TPSA) is 81.2 Å². The van der Waals surface area contributed by atoms with Gasteiger partial charge in [0.25, 0.3) is 0 Å². The molecule has 2 saturated heterocycles. The Balaban J connectivity index is 1.44. The van der Waals surface area contributed by atoms with Crippen LogP contribution in [0.25, 0.3) is 0 Å². The molecule has 0 aliphatic carbocycles. The smallest absolute Gasteiger partial charge is 0.243 e. The second kappa shape index (κ2) is 11.2. The van der Waals surface area contributed by atoms with Crippen LogP contribution in [0.15, 0.2) is 29.2 Å². The number of carbonyl (C=O) groups excluding carboxylic acids is 2. The van der Waals surface area contributed by atoms with Gasteiger partial charge in [-0.05, 0) is 50.8 Å². The zero-order chi connectivity index (χ0) is 23.1. The number of amides is 2. The predicted molar refractivity (Wildman–Crippen MR) is 124 cm³/mol. The van der Waals surface area contributed by atoms with Gasteiger partial charge in [-0.2, -0.15) is 4.31 Å². The normalized spacial score (nSPS) is 18.1. The third kappa shape index (κ3) is 6.08. The van der Waals surface area contributed by atoms with Crippen molar-refractivity contribution in [3.8, 4) is 0 Å². The van der Waals surface area contributed by atoms with E-state index in [4.69, 9.17) is 0 Å². The molecule has 9 heteroatoms. The lowest BCUT2D eigenvalue weighted by Gasteiger charge is -2.35. The van der Waals surface area contributed by atoms with Crippen molar-refractivity contribution in [2.24, 2.45) is 0 Å². The first-order valence-electron chi connectivity index (χ1n) is 11.7. The molecule has 0 radical (unpaired) electrons. The summed E-state index contributed by atoms with van der Waals surface area (Å²) in [5.41, 5.74) is 0.960. The molecule has 0 saturated carbocycles. The molecule has 2 amide bonds. The minimum Gasteiger partial charge on any atom is -0.342 e. The van der Waals surface area contributed by atoms with Crippen LogP contribution in [0.2, 0.25) is 0 Å². The van der Waals surface area contributed by atoms with Crippen LogP contribution in [0.5, 0.6) is 0 Å². The number of hydrogen-bond donors (Lipinski definition) is 0. The third-order valence-corrected chi connectivity index (χ3v) is 8.37. The monoisotopic (exact) mass is 464 g/mol. The summed E-state index contributed by atoms with van der Waals surface area (Å²) in [5.74, 6) is 0.249. The van der Waals surface area contributed by atoms with Gasteiger partial charge in [0.1, 0.15) is 0 Å². The van der Waals surface area contributed by atoms with Gasteiger partial charge in [0, 0.05) is 58.8 Å². The number of rotatable bonds is 9.